The molecule has 6 heteroatoms. The van der Waals surface area contributed by atoms with Crippen LogP contribution in [0.25, 0.3) is 0 Å². The maximum Gasteiger partial charge on any atom is 0.707 e. The Labute approximate surface area is 107 Å². The van der Waals surface area contributed by atoms with E-state index in [0.717, 1.165) is 31.7 Å². The van der Waals surface area contributed by atoms with E-state index in [1.165, 1.54) is 12.1 Å². The van der Waals surface area contributed by atoms with Crippen LogP contribution in [0.15, 0.2) is 18.2 Å². The van der Waals surface area contributed by atoms with Crippen LogP contribution in [0.5, 0.6) is 11.5 Å². The largest absolute Gasteiger partial charge is 0.707 e. The van der Waals surface area contributed by atoms with Crippen LogP contribution in [0.2, 0.25) is 0 Å². The van der Waals surface area contributed by atoms with E-state index in [0.29, 0.717) is 6.61 Å². The lowest BCUT2D eigenvalue weighted by Crippen LogP contribution is -2.20. The van der Waals surface area contributed by atoms with Gasteiger partial charge in [-0.1, -0.05) is 26.2 Å². The van der Waals surface area contributed by atoms with E-state index in [4.69, 9.17) is 14.8 Å². The fraction of sp³-hybridized carbons (Fsp3) is 0.500. The van der Waals surface area contributed by atoms with E-state index < -0.39 is 13.1 Å². The van der Waals surface area contributed by atoms with Crippen LogP contribution in [0.1, 0.15) is 32.6 Å². The molecule has 0 spiro atoms. The van der Waals surface area contributed by atoms with Crippen LogP contribution >= 0.6 is 0 Å². The van der Waals surface area contributed by atoms with Gasteiger partial charge in [-0.3, -0.25) is 0 Å². The number of benzene rings is 1. The van der Waals surface area contributed by atoms with Gasteiger partial charge in [0.25, 0.3) is 0 Å². The molecule has 1 aromatic rings. The van der Waals surface area contributed by atoms with Crippen molar-refractivity contribution in [2.45, 2.75) is 32.6 Å². The molecule has 0 fully saturated rings. The molecule has 0 saturated carbocycles. The fourth-order valence-electron chi connectivity index (χ4n) is 1.50. The zero-order valence-electron chi connectivity index (χ0n) is 10.4. The van der Waals surface area contributed by atoms with Gasteiger partial charge in [-0.15, -0.1) is 0 Å². The van der Waals surface area contributed by atoms with E-state index in [1.54, 1.807) is 0 Å². The van der Waals surface area contributed by atoms with Crippen molar-refractivity contribution in [2.24, 2.45) is 0 Å². The maximum absolute atomic E-state index is 13.5. The third-order valence-corrected chi connectivity index (χ3v) is 2.40. The van der Waals surface area contributed by atoms with Crippen molar-refractivity contribution in [1.82, 2.24) is 0 Å². The van der Waals surface area contributed by atoms with Gasteiger partial charge in [-0.2, -0.15) is 0 Å². The molecule has 0 aliphatic rings. The lowest BCUT2D eigenvalue weighted by molar-refractivity contribution is 0.281. The highest BCUT2D eigenvalue weighted by Gasteiger charge is 2.13. The first-order chi connectivity index (χ1) is 8.63. The highest BCUT2D eigenvalue weighted by Crippen LogP contribution is 2.23. The number of unbranched alkanes of at least 4 members (excludes halogenated alkanes) is 3. The highest BCUT2D eigenvalue weighted by molar-refractivity contribution is 6.33. The molecule has 2 N–H and O–H groups in total. The van der Waals surface area contributed by atoms with Gasteiger partial charge in [0, 0.05) is 6.07 Å². The number of ether oxygens (including phenoxy) is 1. The standard InChI is InChI=1S/C12H18BFO4/c1-2-3-4-5-8-17-12-7-6-10(9-11(12)14)18-13(15)16/h6-7,9,15-16H,2-5,8H2,1H3. The average Bonchev–Trinajstić information content (AvgIpc) is 2.30. The van der Waals surface area contributed by atoms with Gasteiger partial charge in [0.1, 0.15) is 5.75 Å². The second-order valence-corrected chi connectivity index (χ2v) is 3.95. The first kappa shape index (κ1) is 14.8. The number of halogens is 1. The van der Waals surface area contributed by atoms with Gasteiger partial charge in [0.15, 0.2) is 11.6 Å². The van der Waals surface area contributed by atoms with Crippen molar-refractivity contribution in [3.63, 3.8) is 0 Å². The van der Waals surface area contributed by atoms with Crippen molar-refractivity contribution in [3.05, 3.63) is 24.0 Å². The molecular weight excluding hydrogens is 238 g/mol. The minimum Gasteiger partial charge on any atom is -0.512 e. The fourth-order valence-corrected chi connectivity index (χ4v) is 1.50. The molecule has 0 unspecified atom stereocenters. The Balaban J connectivity index is 2.42. The summed E-state index contributed by atoms with van der Waals surface area (Å²) in [5.74, 6) is -0.393. The molecule has 0 saturated heterocycles. The predicted octanol–water partition coefficient (Wildman–Crippen LogP) is 2.13. The topological polar surface area (TPSA) is 58.9 Å². The Morgan fingerprint density at radius 1 is 1.22 bits per heavy atom. The Kier molecular flexibility index (Phi) is 6.53. The van der Waals surface area contributed by atoms with E-state index >= 15 is 0 Å². The Bertz CT molecular complexity index is 360. The molecule has 4 nitrogen and oxygen atoms in total. The van der Waals surface area contributed by atoms with Gasteiger partial charge in [0.2, 0.25) is 0 Å². The first-order valence-electron chi connectivity index (χ1n) is 6.08. The normalized spacial score (nSPS) is 10.2. The molecule has 100 valence electrons. The molecule has 0 bridgehead atoms. The summed E-state index contributed by atoms with van der Waals surface area (Å²) in [4.78, 5) is 0. The Morgan fingerprint density at radius 3 is 2.61 bits per heavy atom. The molecule has 0 aliphatic carbocycles. The summed E-state index contributed by atoms with van der Waals surface area (Å²) in [6.45, 7) is 2.59. The van der Waals surface area contributed by atoms with Crippen molar-refractivity contribution < 1.29 is 23.8 Å². The zero-order chi connectivity index (χ0) is 13.4. The van der Waals surface area contributed by atoms with Crippen LogP contribution in [0, 0.1) is 5.82 Å². The molecule has 1 rings (SSSR count). The molecule has 1 aromatic carbocycles. The van der Waals surface area contributed by atoms with Gasteiger partial charge >= 0.3 is 7.32 Å². The van der Waals surface area contributed by atoms with Gasteiger partial charge < -0.3 is 19.4 Å². The molecule has 0 heterocycles. The quantitative estimate of drug-likeness (QED) is 0.552. The van der Waals surface area contributed by atoms with Crippen LogP contribution in [-0.2, 0) is 0 Å². The van der Waals surface area contributed by atoms with Crippen molar-refractivity contribution in [2.75, 3.05) is 6.61 Å². The first-order valence-corrected chi connectivity index (χ1v) is 6.08. The SMILES string of the molecule is CCCCCCOc1ccc(OB(O)O)cc1F. The second kappa shape index (κ2) is 7.95. The molecule has 0 atom stereocenters. The minimum atomic E-state index is -1.95. The average molecular weight is 256 g/mol. The van der Waals surface area contributed by atoms with E-state index in [-0.39, 0.29) is 11.5 Å². The van der Waals surface area contributed by atoms with Gasteiger partial charge in [-0.25, -0.2) is 4.39 Å². The summed E-state index contributed by atoms with van der Waals surface area (Å²) >= 11 is 0. The van der Waals surface area contributed by atoms with Crippen LogP contribution in [-0.4, -0.2) is 24.0 Å². The van der Waals surface area contributed by atoms with E-state index in [2.05, 4.69) is 11.6 Å². The predicted molar refractivity (Wildman–Crippen MR) is 66.9 cm³/mol. The third-order valence-electron chi connectivity index (χ3n) is 2.40. The number of hydrogen-bond donors (Lipinski definition) is 2. The monoisotopic (exact) mass is 256 g/mol. The Hall–Kier alpha value is -1.27. The minimum absolute atomic E-state index is 0.0424. The maximum atomic E-state index is 13.5. The van der Waals surface area contributed by atoms with Gasteiger partial charge in [-0.05, 0) is 18.6 Å². The Morgan fingerprint density at radius 2 is 2.00 bits per heavy atom. The molecule has 18 heavy (non-hydrogen) atoms. The van der Waals surface area contributed by atoms with Crippen molar-refractivity contribution in [3.8, 4) is 11.5 Å². The van der Waals surface area contributed by atoms with Crippen molar-refractivity contribution >= 4 is 7.32 Å². The summed E-state index contributed by atoms with van der Waals surface area (Å²) in [5, 5.41) is 17.1. The summed E-state index contributed by atoms with van der Waals surface area (Å²) in [6.07, 6.45) is 4.24. The molecule has 0 aromatic heterocycles. The lowest BCUT2D eigenvalue weighted by Gasteiger charge is -2.09. The van der Waals surface area contributed by atoms with Crippen LogP contribution < -0.4 is 9.39 Å². The van der Waals surface area contributed by atoms with Crippen molar-refractivity contribution in [1.29, 1.82) is 0 Å². The number of hydrogen-bond acceptors (Lipinski definition) is 4. The zero-order valence-corrected chi connectivity index (χ0v) is 10.4. The second-order valence-electron chi connectivity index (χ2n) is 3.95. The molecule has 0 aliphatic heterocycles. The smallest absolute Gasteiger partial charge is 0.512 e. The van der Waals surface area contributed by atoms with Crippen LogP contribution in [0.3, 0.4) is 0 Å². The number of rotatable bonds is 8. The summed E-state index contributed by atoms with van der Waals surface area (Å²) in [6, 6.07) is 3.89. The molecular formula is C12H18BFO4. The summed E-state index contributed by atoms with van der Waals surface area (Å²) < 4.78 is 23.3. The van der Waals surface area contributed by atoms with Gasteiger partial charge in [0.05, 0.1) is 6.61 Å². The highest BCUT2D eigenvalue weighted by atomic mass is 19.1. The third kappa shape index (κ3) is 5.38. The molecule has 0 amide bonds. The summed E-state index contributed by atoms with van der Waals surface area (Å²) in [5.41, 5.74) is 0. The molecule has 0 radical (unpaired) electrons. The van der Waals surface area contributed by atoms with E-state index in [9.17, 15) is 4.39 Å². The van der Waals surface area contributed by atoms with Crippen LogP contribution in [0.4, 0.5) is 4.39 Å². The van der Waals surface area contributed by atoms with E-state index in [1.807, 2.05) is 0 Å². The lowest BCUT2D eigenvalue weighted by atomic mass is 10.2. The summed E-state index contributed by atoms with van der Waals surface area (Å²) in [7, 11) is -1.95.